The van der Waals surface area contributed by atoms with Gasteiger partial charge in [0.25, 0.3) is 0 Å². The van der Waals surface area contributed by atoms with Gasteiger partial charge in [0.05, 0.1) is 26.2 Å². The molecule has 1 aliphatic heterocycles. The second-order valence-electron chi connectivity index (χ2n) is 6.26. The molecule has 1 aromatic rings. The molecule has 1 fully saturated rings. The Morgan fingerprint density at radius 1 is 1.30 bits per heavy atom. The average molecular weight is 320 g/mol. The highest BCUT2D eigenvalue weighted by Gasteiger charge is 2.47. The summed E-state index contributed by atoms with van der Waals surface area (Å²) < 4.78 is 9.99. The van der Waals surface area contributed by atoms with Crippen molar-refractivity contribution in [1.82, 2.24) is 4.90 Å². The molecule has 1 saturated heterocycles. The molecule has 1 heterocycles. The van der Waals surface area contributed by atoms with Gasteiger partial charge in [0.2, 0.25) is 5.91 Å². The Kier molecular flexibility index (Phi) is 5.26. The van der Waals surface area contributed by atoms with E-state index in [0.717, 1.165) is 11.4 Å². The summed E-state index contributed by atoms with van der Waals surface area (Å²) in [6.07, 6.45) is 0. The second-order valence-corrected chi connectivity index (χ2v) is 6.26. The summed E-state index contributed by atoms with van der Waals surface area (Å²) in [6.45, 7) is 5.38. The quantitative estimate of drug-likeness (QED) is 0.838. The SMILES string of the molecule is COC(=O)[C@]1(C)CN(CC(=O)Nc2ccc(OC)cc2)C[C@H]1C. The first-order valence-corrected chi connectivity index (χ1v) is 7.63. The Morgan fingerprint density at radius 2 is 1.96 bits per heavy atom. The minimum Gasteiger partial charge on any atom is -0.497 e. The van der Waals surface area contributed by atoms with Crippen LogP contribution in [0.4, 0.5) is 5.69 Å². The van der Waals surface area contributed by atoms with Crippen molar-refractivity contribution in [1.29, 1.82) is 0 Å². The molecule has 1 amide bonds. The molecule has 2 rings (SSSR count). The smallest absolute Gasteiger partial charge is 0.313 e. The molecule has 0 radical (unpaired) electrons. The van der Waals surface area contributed by atoms with Crippen LogP contribution < -0.4 is 10.1 Å². The van der Waals surface area contributed by atoms with E-state index in [1.807, 2.05) is 18.7 Å². The molecule has 0 bridgehead atoms. The Morgan fingerprint density at radius 3 is 2.52 bits per heavy atom. The predicted molar refractivity (Wildman–Crippen MR) is 87.4 cm³/mol. The van der Waals surface area contributed by atoms with Crippen LogP contribution in [0, 0.1) is 11.3 Å². The standard InChI is InChI=1S/C17H24N2O4/c1-12-9-19(11-17(12,2)16(21)23-4)10-15(20)18-13-5-7-14(22-3)8-6-13/h5-8,12H,9-11H2,1-4H3,(H,18,20)/t12-,17-/m1/s1. The number of nitrogens with one attached hydrogen (secondary N) is 1. The number of nitrogens with zero attached hydrogens (tertiary/aromatic N) is 1. The van der Waals surface area contributed by atoms with Crippen LogP contribution in [0.5, 0.6) is 5.75 Å². The third kappa shape index (κ3) is 3.82. The number of rotatable bonds is 5. The second kappa shape index (κ2) is 7.00. The number of hydrogen-bond acceptors (Lipinski definition) is 5. The summed E-state index contributed by atoms with van der Waals surface area (Å²) >= 11 is 0. The molecule has 126 valence electrons. The first-order valence-electron chi connectivity index (χ1n) is 7.63. The number of carbonyl (C=O) groups excluding carboxylic acids is 2. The van der Waals surface area contributed by atoms with Crippen LogP contribution in [0.15, 0.2) is 24.3 Å². The molecule has 23 heavy (non-hydrogen) atoms. The highest BCUT2D eigenvalue weighted by Crippen LogP contribution is 2.36. The number of benzene rings is 1. The van der Waals surface area contributed by atoms with Crippen LogP contribution in [-0.2, 0) is 14.3 Å². The normalized spacial score (nSPS) is 24.3. The highest BCUT2D eigenvalue weighted by atomic mass is 16.5. The number of likely N-dealkylation sites (tertiary alicyclic amines) is 1. The molecule has 1 N–H and O–H groups in total. The molecule has 1 aliphatic rings. The summed E-state index contributed by atoms with van der Waals surface area (Å²) in [5.74, 6) is 0.563. The fourth-order valence-corrected chi connectivity index (χ4v) is 2.97. The van der Waals surface area contributed by atoms with Gasteiger partial charge in [-0.3, -0.25) is 14.5 Å². The average Bonchev–Trinajstić information content (AvgIpc) is 2.82. The van der Waals surface area contributed by atoms with Crippen molar-refractivity contribution in [3.63, 3.8) is 0 Å². The minimum atomic E-state index is -0.560. The van der Waals surface area contributed by atoms with E-state index in [-0.39, 0.29) is 24.3 Å². The molecule has 0 saturated carbocycles. The third-order valence-electron chi connectivity index (χ3n) is 4.56. The Bertz CT molecular complexity index is 572. The monoisotopic (exact) mass is 320 g/mol. The number of hydrogen-bond donors (Lipinski definition) is 1. The van der Waals surface area contributed by atoms with E-state index in [1.54, 1.807) is 31.4 Å². The summed E-state index contributed by atoms with van der Waals surface area (Å²) in [4.78, 5) is 26.1. The van der Waals surface area contributed by atoms with Crippen LogP contribution >= 0.6 is 0 Å². The van der Waals surface area contributed by atoms with E-state index in [0.29, 0.717) is 13.1 Å². The predicted octanol–water partition coefficient (Wildman–Crippen LogP) is 1.76. The molecule has 0 aromatic heterocycles. The van der Waals surface area contributed by atoms with Crippen molar-refractivity contribution in [2.45, 2.75) is 13.8 Å². The van der Waals surface area contributed by atoms with Gasteiger partial charge in [-0.2, -0.15) is 0 Å². The van der Waals surface area contributed by atoms with Crippen molar-refractivity contribution in [3.8, 4) is 5.75 Å². The highest BCUT2D eigenvalue weighted by molar-refractivity contribution is 5.92. The van der Waals surface area contributed by atoms with Crippen LogP contribution in [0.2, 0.25) is 0 Å². The van der Waals surface area contributed by atoms with E-state index < -0.39 is 5.41 Å². The van der Waals surface area contributed by atoms with Gasteiger partial charge in [-0.05, 0) is 37.1 Å². The fraction of sp³-hybridized carbons (Fsp3) is 0.529. The Labute approximate surface area is 136 Å². The lowest BCUT2D eigenvalue weighted by Gasteiger charge is -2.24. The molecule has 0 unspecified atom stereocenters. The maximum atomic E-state index is 12.2. The van der Waals surface area contributed by atoms with Crippen molar-refractivity contribution in [2.75, 3.05) is 39.2 Å². The molecular formula is C17H24N2O4. The van der Waals surface area contributed by atoms with Crippen molar-refractivity contribution in [3.05, 3.63) is 24.3 Å². The van der Waals surface area contributed by atoms with Gasteiger partial charge in [-0.15, -0.1) is 0 Å². The zero-order chi connectivity index (χ0) is 17.0. The van der Waals surface area contributed by atoms with Crippen molar-refractivity contribution in [2.24, 2.45) is 11.3 Å². The number of ether oxygens (including phenoxy) is 2. The Balaban J connectivity index is 1.92. The summed E-state index contributed by atoms with van der Waals surface area (Å²) in [5, 5.41) is 2.85. The lowest BCUT2D eigenvalue weighted by Crippen LogP contribution is -2.37. The van der Waals surface area contributed by atoms with E-state index in [9.17, 15) is 9.59 Å². The van der Waals surface area contributed by atoms with Crippen LogP contribution in [0.3, 0.4) is 0 Å². The number of amides is 1. The number of carbonyl (C=O) groups is 2. The molecule has 6 nitrogen and oxygen atoms in total. The summed E-state index contributed by atoms with van der Waals surface area (Å²) in [6, 6.07) is 7.17. The largest absolute Gasteiger partial charge is 0.497 e. The number of anilines is 1. The number of methoxy groups -OCH3 is 2. The molecule has 2 atom stereocenters. The number of esters is 1. The minimum absolute atomic E-state index is 0.100. The maximum absolute atomic E-state index is 12.2. The van der Waals surface area contributed by atoms with Gasteiger partial charge in [-0.25, -0.2) is 0 Å². The zero-order valence-corrected chi connectivity index (χ0v) is 14.1. The molecule has 0 aliphatic carbocycles. The van der Waals surface area contributed by atoms with Crippen LogP contribution in [0.25, 0.3) is 0 Å². The maximum Gasteiger partial charge on any atom is 0.313 e. The van der Waals surface area contributed by atoms with E-state index in [2.05, 4.69) is 5.32 Å². The fourth-order valence-electron chi connectivity index (χ4n) is 2.97. The molecule has 6 heteroatoms. The first kappa shape index (κ1) is 17.3. The van der Waals surface area contributed by atoms with E-state index >= 15 is 0 Å². The van der Waals surface area contributed by atoms with Gasteiger partial charge < -0.3 is 14.8 Å². The Hall–Kier alpha value is -2.08. The van der Waals surface area contributed by atoms with Gasteiger partial charge >= 0.3 is 5.97 Å². The van der Waals surface area contributed by atoms with Crippen molar-refractivity contribution >= 4 is 17.6 Å². The van der Waals surface area contributed by atoms with Crippen molar-refractivity contribution < 1.29 is 19.1 Å². The van der Waals surface area contributed by atoms with E-state index in [4.69, 9.17) is 9.47 Å². The molecule has 0 spiro atoms. The molecule has 1 aromatic carbocycles. The van der Waals surface area contributed by atoms with Crippen LogP contribution in [-0.4, -0.2) is 50.6 Å². The van der Waals surface area contributed by atoms with Gasteiger partial charge in [0.1, 0.15) is 5.75 Å². The third-order valence-corrected chi connectivity index (χ3v) is 4.56. The summed E-state index contributed by atoms with van der Waals surface area (Å²) in [7, 11) is 3.00. The van der Waals surface area contributed by atoms with Gasteiger partial charge in [-0.1, -0.05) is 6.92 Å². The topological polar surface area (TPSA) is 67.9 Å². The van der Waals surface area contributed by atoms with Crippen LogP contribution in [0.1, 0.15) is 13.8 Å². The lowest BCUT2D eigenvalue weighted by atomic mass is 9.81. The van der Waals surface area contributed by atoms with E-state index in [1.165, 1.54) is 7.11 Å². The summed E-state index contributed by atoms with van der Waals surface area (Å²) in [5.41, 5.74) is 0.161. The zero-order valence-electron chi connectivity index (χ0n) is 14.1. The lowest BCUT2D eigenvalue weighted by molar-refractivity contribution is -0.153. The van der Waals surface area contributed by atoms with Gasteiger partial charge in [0, 0.05) is 18.8 Å². The first-order chi connectivity index (χ1) is 10.9. The van der Waals surface area contributed by atoms with Gasteiger partial charge in [0.15, 0.2) is 0 Å². The molecular weight excluding hydrogens is 296 g/mol.